The van der Waals surface area contributed by atoms with E-state index >= 15 is 0 Å². The number of allylic oxidation sites excluding steroid dienone is 1. The summed E-state index contributed by atoms with van der Waals surface area (Å²) in [7, 11) is 0. The van der Waals surface area contributed by atoms with Crippen molar-refractivity contribution in [2.75, 3.05) is 0 Å². The summed E-state index contributed by atoms with van der Waals surface area (Å²) >= 11 is 0. The normalized spacial score (nSPS) is 20.4. The molecule has 0 saturated heterocycles. The highest BCUT2D eigenvalue weighted by Gasteiger charge is 2.06. The Morgan fingerprint density at radius 1 is 1.67 bits per heavy atom. The average molecular weight is 148 g/mol. The molecule has 0 fully saturated rings. The minimum Gasteiger partial charge on any atom is -0.324 e. The molecule has 1 aliphatic rings. The second-order valence-corrected chi connectivity index (χ2v) is 2.46. The molecule has 9 heavy (non-hydrogen) atoms. The summed E-state index contributed by atoms with van der Waals surface area (Å²) in [6.07, 6.45) is 6.07. The fourth-order valence-electron chi connectivity index (χ4n) is 1.11. The molecule has 1 atom stereocenters. The van der Waals surface area contributed by atoms with Crippen molar-refractivity contribution in [3.8, 4) is 0 Å². The molecule has 0 amide bonds. The number of hydrogen-bond donors (Lipinski definition) is 1. The van der Waals surface area contributed by atoms with E-state index in [9.17, 15) is 0 Å². The van der Waals surface area contributed by atoms with Gasteiger partial charge >= 0.3 is 0 Å². The van der Waals surface area contributed by atoms with Crippen LogP contribution in [-0.4, -0.2) is 6.04 Å². The summed E-state index contributed by atoms with van der Waals surface area (Å²) in [6, 6.07) is 0.303. The van der Waals surface area contributed by atoms with Crippen molar-refractivity contribution < 1.29 is 0 Å². The van der Waals surface area contributed by atoms with E-state index < -0.39 is 0 Å². The quantitative estimate of drug-likeness (QED) is 0.563. The molecule has 0 radical (unpaired) electrons. The van der Waals surface area contributed by atoms with Gasteiger partial charge in [0.25, 0.3) is 0 Å². The van der Waals surface area contributed by atoms with E-state index in [1.807, 2.05) is 0 Å². The number of halogens is 1. The van der Waals surface area contributed by atoms with Crippen molar-refractivity contribution in [2.24, 2.45) is 5.73 Å². The van der Waals surface area contributed by atoms with Crippen LogP contribution < -0.4 is 5.73 Å². The molecule has 54 valence electrons. The molecule has 1 nitrogen and oxygen atoms in total. The number of nitrogens with two attached hydrogens (primary N) is 1. The Morgan fingerprint density at radius 2 is 2.33 bits per heavy atom. The van der Waals surface area contributed by atoms with Gasteiger partial charge in [0.05, 0.1) is 0 Å². The molecule has 0 aromatic rings. The van der Waals surface area contributed by atoms with Crippen LogP contribution in [0.1, 0.15) is 26.2 Å². The topological polar surface area (TPSA) is 26.0 Å². The lowest BCUT2D eigenvalue weighted by atomic mass is 10.1. The van der Waals surface area contributed by atoms with Crippen molar-refractivity contribution in [2.45, 2.75) is 32.2 Å². The molecule has 1 rings (SSSR count). The first-order valence-corrected chi connectivity index (χ1v) is 3.25. The fraction of sp³-hybridized carbons (Fsp3) is 0.714. The Bertz CT molecular complexity index is 107. The van der Waals surface area contributed by atoms with Gasteiger partial charge in [-0.05, 0) is 26.2 Å². The van der Waals surface area contributed by atoms with E-state index in [0.717, 1.165) is 0 Å². The van der Waals surface area contributed by atoms with Gasteiger partial charge in [-0.25, -0.2) is 0 Å². The van der Waals surface area contributed by atoms with Gasteiger partial charge in [-0.15, -0.1) is 12.4 Å². The van der Waals surface area contributed by atoms with Gasteiger partial charge in [-0.2, -0.15) is 0 Å². The second kappa shape index (κ2) is 3.91. The fourth-order valence-corrected chi connectivity index (χ4v) is 1.11. The van der Waals surface area contributed by atoms with Crippen LogP contribution in [0.5, 0.6) is 0 Å². The standard InChI is InChI=1S/C7H13N.ClH/c1-6(8)7-4-2-3-5-7;/h4,6H,2-3,5,8H2,1H3;1H. The monoisotopic (exact) mass is 147 g/mol. The van der Waals surface area contributed by atoms with Crippen LogP contribution in [0.15, 0.2) is 11.6 Å². The molecule has 0 aliphatic heterocycles. The van der Waals surface area contributed by atoms with E-state index in [4.69, 9.17) is 5.73 Å². The van der Waals surface area contributed by atoms with Crippen LogP contribution in [0, 0.1) is 0 Å². The van der Waals surface area contributed by atoms with Crippen molar-refractivity contribution in [1.82, 2.24) is 0 Å². The largest absolute Gasteiger partial charge is 0.324 e. The summed E-state index contributed by atoms with van der Waals surface area (Å²) in [6.45, 7) is 2.05. The van der Waals surface area contributed by atoms with Crippen LogP contribution in [0.3, 0.4) is 0 Å². The Morgan fingerprint density at radius 3 is 2.56 bits per heavy atom. The Labute approximate surface area is 62.7 Å². The van der Waals surface area contributed by atoms with Gasteiger partial charge in [0.15, 0.2) is 0 Å². The molecule has 0 saturated carbocycles. The summed E-state index contributed by atoms with van der Waals surface area (Å²) in [5.41, 5.74) is 7.08. The molecule has 0 aromatic heterocycles. The van der Waals surface area contributed by atoms with Gasteiger partial charge in [0.1, 0.15) is 0 Å². The molecule has 1 aliphatic carbocycles. The molecule has 2 heteroatoms. The first-order valence-electron chi connectivity index (χ1n) is 3.25. The Kier molecular flexibility index (Phi) is 3.91. The van der Waals surface area contributed by atoms with Crippen molar-refractivity contribution in [3.63, 3.8) is 0 Å². The van der Waals surface area contributed by atoms with Crippen LogP contribution in [0.4, 0.5) is 0 Å². The van der Waals surface area contributed by atoms with Crippen LogP contribution in [0.2, 0.25) is 0 Å². The highest BCUT2D eigenvalue weighted by molar-refractivity contribution is 5.85. The van der Waals surface area contributed by atoms with E-state index in [1.54, 1.807) is 0 Å². The van der Waals surface area contributed by atoms with Crippen LogP contribution in [0.25, 0.3) is 0 Å². The molecule has 1 unspecified atom stereocenters. The molecule has 0 heterocycles. The molecular formula is C7H14ClN. The molecule has 0 spiro atoms. The number of hydrogen-bond acceptors (Lipinski definition) is 1. The van der Waals surface area contributed by atoms with Crippen molar-refractivity contribution >= 4 is 12.4 Å². The maximum absolute atomic E-state index is 5.63. The van der Waals surface area contributed by atoms with Gasteiger partial charge in [0.2, 0.25) is 0 Å². The molecule has 2 N–H and O–H groups in total. The zero-order chi connectivity index (χ0) is 5.98. The van der Waals surface area contributed by atoms with Crippen molar-refractivity contribution in [1.29, 1.82) is 0 Å². The highest BCUT2D eigenvalue weighted by Crippen LogP contribution is 2.18. The third-order valence-corrected chi connectivity index (χ3v) is 1.66. The lowest BCUT2D eigenvalue weighted by Crippen LogP contribution is -2.16. The second-order valence-electron chi connectivity index (χ2n) is 2.46. The van der Waals surface area contributed by atoms with Gasteiger partial charge in [-0.3, -0.25) is 0 Å². The lowest BCUT2D eigenvalue weighted by molar-refractivity contribution is 0.795. The van der Waals surface area contributed by atoms with Crippen molar-refractivity contribution in [3.05, 3.63) is 11.6 Å². The minimum absolute atomic E-state index is 0. The van der Waals surface area contributed by atoms with E-state index in [1.165, 1.54) is 24.8 Å². The third kappa shape index (κ3) is 2.37. The zero-order valence-corrected chi connectivity index (χ0v) is 6.58. The zero-order valence-electron chi connectivity index (χ0n) is 5.76. The Balaban J connectivity index is 0.000000640. The molecular weight excluding hydrogens is 134 g/mol. The van der Waals surface area contributed by atoms with E-state index in [2.05, 4.69) is 13.0 Å². The smallest absolute Gasteiger partial charge is 0.0224 e. The first kappa shape index (κ1) is 8.99. The van der Waals surface area contributed by atoms with Crippen LogP contribution >= 0.6 is 12.4 Å². The van der Waals surface area contributed by atoms with Gasteiger partial charge in [0, 0.05) is 6.04 Å². The summed E-state index contributed by atoms with van der Waals surface area (Å²) in [4.78, 5) is 0. The van der Waals surface area contributed by atoms with E-state index in [0.29, 0.717) is 6.04 Å². The maximum Gasteiger partial charge on any atom is 0.0224 e. The third-order valence-electron chi connectivity index (χ3n) is 1.66. The summed E-state index contributed by atoms with van der Waals surface area (Å²) in [5, 5.41) is 0. The predicted octanol–water partition coefficient (Wildman–Crippen LogP) is 1.87. The lowest BCUT2D eigenvalue weighted by Gasteiger charge is -2.03. The van der Waals surface area contributed by atoms with Crippen LogP contribution in [-0.2, 0) is 0 Å². The molecule has 0 bridgehead atoms. The highest BCUT2D eigenvalue weighted by atomic mass is 35.5. The van der Waals surface area contributed by atoms with E-state index in [-0.39, 0.29) is 12.4 Å². The summed E-state index contributed by atoms with van der Waals surface area (Å²) < 4.78 is 0. The molecule has 0 aromatic carbocycles. The Hall–Kier alpha value is -0.0100. The SMILES string of the molecule is CC(N)C1=CCCC1.Cl. The average Bonchev–Trinajstić information content (AvgIpc) is 2.12. The minimum atomic E-state index is 0. The van der Waals surface area contributed by atoms with Gasteiger partial charge in [-0.1, -0.05) is 11.6 Å². The maximum atomic E-state index is 5.63. The predicted molar refractivity (Wildman–Crippen MR) is 42.8 cm³/mol. The first-order chi connectivity index (χ1) is 3.80. The summed E-state index contributed by atoms with van der Waals surface area (Å²) in [5.74, 6) is 0. The number of rotatable bonds is 1. The van der Waals surface area contributed by atoms with Gasteiger partial charge < -0.3 is 5.73 Å².